The van der Waals surface area contributed by atoms with Crippen LogP contribution in [0.5, 0.6) is 0 Å². The lowest BCUT2D eigenvalue weighted by Gasteiger charge is -2.13. The highest BCUT2D eigenvalue weighted by Gasteiger charge is 2.17. The van der Waals surface area contributed by atoms with E-state index in [4.69, 9.17) is 18.0 Å². The number of benzene rings is 1. The molecule has 0 heterocycles. The molecule has 0 fully saturated rings. The van der Waals surface area contributed by atoms with E-state index in [0.717, 1.165) is 0 Å². The largest absolute Gasteiger partial charge is 0.343 e. The molecule has 5 heteroatoms. The first-order chi connectivity index (χ1) is 8.56. The van der Waals surface area contributed by atoms with Crippen molar-refractivity contribution in [3.8, 4) is 12.3 Å². The minimum absolute atomic E-state index is 0.130. The summed E-state index contributed by atoms with van der Waals surface area (Å²) in [5, 5.41) is 5.36. The summed E-state index contributed by atoms with van der Waals surface area (Å²) in [6.07, 6.45) is 5.02. The van der Waals surface area contributed by atoms with Gasteiger partial charge in [0.25, 0.3) is 5.91 Å². The first-order valence-electron chi connectivity index (χ1n) is 5.33. The van der Waals surface area contributed by atoms with Crippen LogP contribution in [0.1, 0.15) is 17.3 Å². The van der Waals surface area contributed by atoms with Crippen LogP contribution in [-0.2, 0) is 4.79 Å². The Morgan fingerprint density at radius 2 is 2.11 bits per heavy atom. The van der Waals surface area contributed by atoms with Crippen LogP contribution < -0.4 is 10.6 Å². The van der Waals surface area contributed by atoms with Gasteiger partial charge in [-0.15, -0.1) is 6.42 Å². The van der Waals surface area contributed by atoms with E-state index >= 15 is 0 Å². The summed E-state index contributed by atoms with van der Waals surface area (Å²) in [6, 6.07) is 5.94. The topological polar surface area (TPSA) is 58.2 Å². The minimum atomic E-state index is -0.679. The molecule has 1 rings (SSSR count). The van der Waals surface area contributed by atoms with Gasteiger partial charge in [-0.1, -0.05) is 29.7 Å². The highest BCUT2D eigenvalue weighted by Crippen LogP contribution is 2.14. The lowest BCUT2D eigenvalue weighted by molar-refractivity contribution is -0.122. The molecule has 1 aromatic rings. The van der Waals surface area contributed by atoms with E-state index < -0.39 is 11.9 Å². The molecule has 0 saturated carbocycles. The first kappa shape index (κ1) is 14.1. The smallest absolute Gasteiger partial charge is 0.253 e. The predicted octanol–water partition coefficient (Wildman–Crippen LogP) is 1.21. The molecule has 0 radical (unpaired) electrons. The van der Waals surface area contributed by atoms with Gasteiger partial charge >= 0.3 is 0 Å². The second-order valence-corrected chi connectivity index (χ2v) is 4.00. The van der Waals surface area contributed by atoms with Gasteiger partial charge in [-0.2, -0.15) is 0 Å². The van der Waals surface area contributed by atoms with Gasteiger partial charge in [-0.25, -0.2) is 0 Å². The van der Waals surface area contributed by atoms with Crippen LogP contribution in [0, 0.1) is 12.3 Å². The Bertz CT molecular complexity index is 494. The Hall–Kier alpha value is -1.99. The maximum Gasteiger partial charge on any atom is 0.253 e. The average Bonchev–Trinajstić information content (AvgIpc) is 2.36. The van der Waals surface area contributed by atoms with Gasteiger partial charge < -0.3 is 10.6 Å². The molecule has 0 aliphatic heterocycles. The molecule has 1 aromatic carbocycles. The Labute approximate surface area is 111 Å². The second-order valence-electron chi connectivity index (χ2n) is 3.60. The summed E-state index contributed by atoms with van der Waals surface area (Å²) in [5.74, 6) is 1.54. The molecule has 0 bridgehead atoms. The monoisotopic (exact) mass is 264 g/mol. The summed E-state index contributed by atoms with van der Waals surface area (Å²) in [6.45, 7) is 1.70. The zero-order valence-corrected chi connectivity index (χ0v) is 10.6. The molecular formula is C13H13ClN2O2. The summed E-state index contributed by atoms with van der Waals surface area (Å²) in [4.78, 5) is 23.3. The highest BCUT2D eigenvalue weighted by molar-refractivity contribution is 6.33. The third-order valence-electron chi connectivity index (χ3n) is 2.22. The lowest BCUT2D eigenvalue weighted by Crippen LogP contribution is -2.44. The fourth-order valence-electron chi connectivity index (χ4n) is 1.28. The quantitative estimate of drug-likeness (QED) is 0.803. The molecule has 1 unspecified atom stereocenters. The SMILES string of the molecule is C#CCNC(=O)C(C)NC(=O)c1ccccc1Cl. The van der Waals surface area contributed by atoms with E-state index in [1.807, 2.05) is 0 Å². The standard InChI is InChI=1S/C13H13ClN2O2/c1-3-8-15-12(17)9(2)16-13(18)10-6-4-5-7-11(10)14/h1,4-7,9H,8H2,2H3,(H,15,17)(H,16,18). The van der Waals surface area contributed by atoms with Crippen molar-refractivity contribution in [1.82, 2.24) is 10.6 Å². The van der Waals surface area contributed by atoms with Crippen LogP contribution in [0.4, 0.5) is 0 Å². The maximum absolute atomic E-state index is 11.8. The van der Waals surface area contributed by atoms with Crippen molar-refractivity contribution in [2.24, 2.45) is 0 Å². The van der Waals surface area contributed by atoms with Crippen molar-refractivity contribution in [1.29, 1.82) is 0 Å². The van der Waals surface area contributed by atoms with E-state index in [0.29, 0.717) is 10.6 Å². The number of nitrogens with one attached hydrogen (secondary N) is 2. The van der Waals surface area contributed by atoms with E-state index in [1.54, 1.807) is 31.2 Å². The van der Waals surface area contributed by atoms with Crippen LogP contribution in [0.2, 0.25) is 5.02 Å². The zero-order chi connectivity index (χ0) is 13.5. The maximum atomic E-state index is 11.8. The molecular weight excluding hydrogens is 252 g/mol. The van der Waals surface area contributed by atoms with Crippen LogP contribution in [-0.4, -0.2) is 24.4 Å². The highest BCUT2D eigenvalue weighted by atomic mass is 35.5. The van der Waals surface area contributed by atoms with Crippen molar-refractivity contribution in [2.75, 3.05) is 6.54 Å². The Balaban J connectivity index is 2.63. The summed E-state index contributed by atoms with van der Waals surface area (Å²) in [5.41, 5.74) is 0.329. The van der Waals surface area contributed by atoms with E-state index in [2.05, 4.69) is 16.6 Å². The van der Waals surface area contributed by atoms with E-state index in [9.17, 15) is 9.59 Å². The normalized spacial score (nSPS) is 11.2. The third-order valence-corrected chi connectivity index (χ3v) is 2.55. The number of carbonyl (C=O) groups excluding carboxylic acids is 2. The molecule has 0 saturated heterocycles. The van der Waals surface area contributed by atoms with E-state index in [-0.39, 0.29) is 12.5 Å². The van der Waals surface area contributed by atoms with Crippen LogP contribution in [0.3, 0.4) is 0 Å². The third kappa shape index (κ3) is 3.79. The van der Waals surface area contributed by atoms with Gasteiger partial charge in [0.1, 0.15) is 6.04 Å². The van der Waals surface area contributed by atoms with Crippen molar-refractivity contribution >= 4 is 23.4 Å². The lowest BCUT2D eigenvalue weighted by atomic mass is 10.2. The fourth-order valence-corrected chi connectivity index (χ4v) is 1.50. The van der Waals surface area contributed by atoms with Gasteiger partial charge in [0.15, 0.2) is 0 Å². The molecule has 18 heavy (non-hydrogen) atoms. The number of hydrogen-bond donors (Lipinski definition) is 2. The molecule has 0 aromatic heterocycles. The fraction of sp³-hybridized carbons (Fsp3) is 0.231. The molecule has 0 spiro atoms. The number of carbonyl (C=O) groups is 2. The number of halogens is 1. The van der Waals surface area contributed by atoms with Crippen molar-refractivity contribution in [3.05, 3.63) is 34.9 Å². The molecule has 2 N–H and O–H groups in total. The molecule has 94 valence electrons. The summed E-state index contributed by atoms with van der Waals surface area (Å²) < 4.78 is 0. The van der Waals surface area contributed by atoms with Crippen LogP contribution >= 0.6 is 11.6 Å². The number of amides is 2. The van der Waals surface area contributed by atoms with Crippen molar-refractivity contribution in [2.45, 2.75) is 13.0 Å². The molecule has 4 nitrogen and oxygen atoms in total. The van der Waals surface area contributed by atoms with Gasteiger partial charge in [0.2, 0.25) is 5.91 Å². The average molecular weight is 265 g/mol. The van der Waals surface area contributed by atoms with Crippen LogP contribution in [0.15, 0.2) is 24.3 Å². The van der Waals surface area contributed by atoms with Gasteiger partial charge in [-0.3, -0.25) is 9.59 Å². The zero-order valence-electron chi connectivity index (χ0n) is 9.87. The second kappa shape index (κ2) is 6.67. The Morgan fingerprint density at radius 1 is 1.44 bits per heavy atom. The number of terminal acetylenes is 1. The van der Waals surface area contributed by atoms with E-state index in [1.165, 1.54) is 0 Å². The first-order valence-corrected chi connectivity index (χ1v) is 5.70. The molecule has 2 amide bonds. The number of hydrogen-bond acceptors (Lipinski definition) is 2. The Morgan fingerprint density at radius 3 is 2.72 bits per heavy atom. The summed E-state index contributed by atoms with van der Waals surface area (Å²) >= 11 is 5.88. The van der Waals surface area contributed by atoms with Gasteiger partial charge in [-0.05, 0) is 19.1 Å². The summed E-state index contributed by atoms with van der Waals surface area (Å²) in [7, 11) is 0. The minimum Gasteiger partial charge on any atom is -0.343 e. The van der Waals surface area contributed by atoms with Crippen molar-refractivity contribution < 1.29 is 9.59 Å². The van der Waals surface area contributed by atoms with Crippen molar-refractivity contribution in [3.63, 3.8) is 0 Å². The van der Waals surface area contributed by atoms with Crippen LogP contribution in [0.25, 0.3) is 0 Å². The van der Waals surface area contributed by atoms with Gasteiger partial charge in [0, 0.05) is 0 Å². The molecule has 0 aliphatic carbocycles. The predicted molar refractivity (Wildman–Crippen MR) is 70.2 cm³/mol. The molecule has 0 aliphatic rings. The van der Waals surface area contributed by atoms with Gasteiger partial charge in [0.05, 0.1) is 17.1 Å². The Kier molecular flexibility index (Phi) is 5.22. The molecule has 1 atom stereocenters. The number of rotatable bonds is 4.